The lowest BCUT2D eigenvalue weighted by Crippen LogP contribution is -2.10. The van der Waals surface area contributed by atoms with Crippen molar-refractivity contribution in [1.29, 1.82) is 0 Å². The molecule has 0 aromatic heterocycles. The largest absolute Gasteiger partial charge is 0.0622 e. The number of rotatable bonds is 15. The van der Waals surface area contributed by atoms with Gasteiger partial charge in [0.25, 0.3) is 0 Å². The molecule has 0 saturated carbocycles. The number of benzene rings is 16. The SMILES string of the molecule is CC(C)c1cc2c(-c3ccccc3)c3c(-c4ccc(C(C)(C)C)cc4)c4cc(C(C)C)c(C(C)C)cc4c(-c4ccccc4)c3c(-c3ccc(C(C)(C)C)cc3)c2cc1C(C)C.CC(C)c1ccc2c(-c3ccccc3)c3c(-c4ccc(C(C)(C)C)cc4)c4cc(C(C)C)c(C(C)C)cc4c(-c4ccccc4)c3c(-c3ccc(C(C)(C)C)cc3)c2c1. The van der Waals surface area contributed by atoms with Crippen molar-refractivity contribution in [1.82, 2.24) is 0 Å². The highest BCUT2D eigenvalue weighted by Gasteiger charge is 2.33. The molecule has 0 aliphatic carbocycles. The van der Waals surface area contributed by atoms with E-state index in [4.69, 9.17) is 0 Å². The zero-order chi connectivity index (χ0) is 86.4. The summed E-state index contributed by atoms with van der Waals surface area (Å²) in [7, 11) is 0. The highest BCUT2D eigenvalue weighted by molar-refractivity contribution is 6.36. The van der Waals surface area contributed by atoms with Crippen molar-refractivity contribution < 1.29 is 0 Å². The van der Waals surface area contributed by atoms with Gasteiger partial charge >= 0.3 is 0 Å². The summed E-state index contributed by atoms with van der Waals surface area (Å²) in [5, 5.41) is 15.8. The van der Waals surface area contributed by atoms with Gasteiger partial charge in [-0.2, -0.15) is 0 Å². The molecule has 16 aromatic rings. The fourth-order valence-electron chi connectivity index (χ4n) is 19.4. The molecular weight excluding hydrogens is 1450 g/mol. The zero-order valence-corrected chi connectivity index (χ0v) is 77.5. The molecule has 0 N–H and O–H groups in total. The van der Waals surface area contributed by atoms with Crippen LogP contribution in [0.5, 0.6) is 0 Å². The smallest absolute Gasteiger partial charge is 0.000139 e. The molecule has 0 amide bonds. The molecule has 0 radical (unpaired) electrons. The van der Waals surface area contributed by atoms with E-state index in [-0.39, 0.29) is 21.7 Å². The van der Waals surface area contributed by atoms with Gasteiger partial charge in [-0.25, -0.2) is 0 Å². The van der Waals surface area contributed by atoms with Gasteiger partial charge in [0.15, 0.2) is 0 Å². The van der Waals surface area contributed by atoms with Crippen LogP contribution in [-0.2, 0) is 21.7 Å². The highest BCUT2D eigenvalue weighted by atomic mass is 14.4. The van der Waals surface area contributed by atoms with Crippen LogP contribution in [0.1, 0.15) is 283 Å². The van der Waals surface area contributed by atoms with Gasteiger partial charge in [-0.15, -0.1) is 0 Å². The quantitative estimate of drug-likeness (QED) is 0.0898. The van der Waals surface area contributed by atoms with Gasteiger partial charge in [0, 0.05) is 0 Å². The third-order valence-corrected chi connectivity index (χ3v) is 26.2. The average Bonchev–Trinajstić information content (AvgIpc) is 0.696. The Hall–Kier alpha value is -10.9. The van der Waals surface area contributed by atoms with Gasteiger partial charge in [-0.3, -0.25) is 0 Å². The summed E-state index contributed by atoms with van der Waals surface area (Å²) in [6.07, 6.45) is 0. The zero-order valence-electron chi connectivity index (χ0n) is 77.5. The fraction of sp³-hybridized carbons (Fsp3) is 0.306. The summed E-state index contributed by atoms with van der Waals surface area (Å²) >= 11 is 0. The molecule has 0 heteroatoms. The Morgan fingerprint density at radius 2 is 0.322 bits per heavy atom. The first kappa shape index (κ1) is 85.1. The lowest BCUT2D eigenvalue weighted by molar-refractivity contribution is 0.590. The van der Waals surface area contributed by atoms with Gasteiger partial charge in [0.2, 0.25) is 0 Å². The first-order chi connectivity index (χ1) is 57.4. The van der Waals surface area contributed by atoms with E-state index in [0.717, 1.165) is 0 Å². The van der Waals surface area contributed by atoms with Crippen LogP contribution >= 0.6 is 0 Å². The second kappa shape index (κ2) is 33.1. The Balaban J connectivity index is 0.000000188. The van der Waals surface area contributed by atoms with Crippen molar-refractivity contribution in [3.05, 3.63) is 334 Å². The average molecular weight is 1580 g/mol. The fourth-order valence-corrected chi connectivity index (χ4v) is 19.4. The van der Waals surface area contributed by atoms with Crippen LogP contribution < -0.4 is 0 Å². The summed E-state index contributed by atoms with van der Waals surface area (Å²) in [5.41, 5.74) is 36.0. The Morgan fingerprint density at radius 1 is 0.157 bits per heavy atom. The maximum absolute atomic E-state index is 2.59. The summed E-state index contributed by atoms with van der Waals surface area (Å²) in [6, 6.07) is 106. The van der Waals surface area contributed by atoms with Crippen molar-refractivity contribution in [2.75, 3.05) is 0 Å². The van der Waals surface area contributed by atoms with E-state index in [1.165, 1.54) is 215 Å². The van der Waals surface area contributed by atoms with Gasteiger partial charge in [0.1, 0.15) is 0 Å². The minimum absolute atomic E-state index is 0.0377. The van der Waals surface area contributed by atoms with Crippen molar-refractivity contribution in [3.8, 4) is 89.0 Å². The van der Waals surface area contributed by atoms with Crippen LogP contribution in [0.15, 0.2) is 273 Å². The molecule has 16 rings (SSSR count). The van der Waals surface area contributed by atoms with E-state index in [1.54, 1.807) is 0 Å². The maximum Gasteiger partial charge on any atom is -0.000139 e. The number of fused-ring (bicyclic) bond motifs is 6. The summed E-state index contributed by atoms with van der Waals surface area (Å²) < 4.78 is 0. The summed E-state index contributed by atoms with van der Waals surface area (Å²) in [4.78, 5) is 0. The van der Waals surface area contributed by atoms with Gasteiger partial charge in [-0.1, -0.05) is 417 Å². The van der Waals surface area contributed by atoms with E-state index in [0.29, 0.717) is 41.4 Å². The third kappa shape index (κ3) is 16.2. The number of hydrogen-bond donors (Lipinski definition) is 0. The monoisotopic (exact) mass is 1580 g/mol. The van der Waals surface area contributed by atoms with Crippen LogP contribution in [0.4, 0.5) is 0 Å². The molecule has 0 heterocycles. The molecule has 0 fully saturated rings. The predicted molar refractivity (Wildman–Crippen MR) is 535 cm³/mol. The van der Waals surface area contributed by atoms with Crippen LogP contribution in [-0.4, -0.2) is 0 Å². The topological polar surface area (TPSA) is 0 Å². The van der Waals surface area contributed by atoms with Crippen LogP contribution in [0, 0.1) is 0 Å². The Kier molecular flexibility index (Phi) is 23.3. The van der Waals surface area contributed by atoms with Crippen LogP contribution in [0.3, 0.4) is 0 Å². The van der Waals surface area contributed by atoms with Crippen molar-refractivity contribution in [3.63, 3.8) is 0 Å². The standard InChI is InChI=1S/C62H68.C59H62/c1-37(2)47-33-51-53(35-49(47)39(5)6)57(43-25-29-45(30-26-43)61(9,10)11)60-56(42-23-19-16-20-24-42)52-34-48(38(3)4)50(40(7)8)36-54(52)58(44-27-31-46(32-28-44)62(12,13)14)59(60)55(51)41-21-17-15-18-22-41;1-36(2)43-27-32-46-49(33-43)54(41-23-28-44(29-24-41)58(7,8)9)57-53(40-21-17-14-18-22-40)50-34-47(37(3)4)48(38(5)6)35-51(50)55(42-25-30-45(31-26-42)59(10,11)12)56(57)52(46)39-19-15-13-16-20-39/h15-40H,1-14H3;13-38H,1-12H3. The molecular formula is C121H130. The highest BCUT2D eigenvalue weighted by Crippen LogP contribution is 2.59. The molecule has 0 nitrogen and oxygen atoms in total. The molecule has 0 spiro atoms. The minimum Gasteiger partial charge on any atom is -0.0622 e. The van der Waals surface area contributed by atoms with Crippen molar-refractivity contribution >= 4 is 64.6 Å². The molecule has 0 saturated heterocycles. The second-order valence-electron chi connectivity index (χ2n) is 41.2. The third-order valence-electron chi connectivity index (χ3n) is 26.2. The van der Waals surface area contributed by atoms with Gasteiger partial charge in [-0.05, 0) is 314 Å². The van der Waals surface area contributed by atoms with E-state index < -0.39 is 0 Å². The molecule has 0 aliphatic heterocycles. The van der Waals surface area contributed by atoms with E-state index in [2.05, 4.69) is 453 Å². The molecule has 0 atom stereocenters. The molecule has 614 valence electrons. The van der Waals surface area contributed by atoms with Gasteiger partial charge < -0.3 is 0 Å². The van der Waals surface area contributed by atoms with Crippen LogP contribution in [0.25, 0.3) is 154 Å². The maximum atomic E-state index is 2.59. The van der Waals surface area contributed by atoms with Crippen molar-refractivity contribution in [2.45, 2.75) is 243 Å². The Bertz CT molecular complexity index is 6300. The molecule has 16 aromatic carbocycles. The molecule has 121 heavy (non-hydrogen) atoms. The molecule has 0 bridgehead atoms. The summed E-state index contributed by atoms with van der Waals surface area (Å²) in [6.45, 7) is 60.8. The number of hydrogen-bond acceptors (Lipinski definition) is 0. The first-order valence-corrected chi connectivity index (χ1v) is 45.2. The molecule has 0 aliphatic rings. The second-order valence-corrected chi connectivity index (χ2v) is 41.2. The molecule has 0 unspecified atom stereocenters. The Morgan fingerprint density at radius 3 is 0.488 bits per heavy atom. The predicted octanol–water partition coefficient (Wildman–Crippen LogP) is 36.7. The lowest BCUT2D eigenvalue weighted by Gasteiger charge is -2.29. The first-order valence-electron chi connectivity index (χ1n) is 45.2. The lowest BCUT2D eigenvalue weighted by atomic mass is 9.74. The van der Waals surface area contributed by atoms with E-state index in [1.807, 2.05) is 0 Å². The summed E-state index contributed by atoms with van der Waals surface area (Å²) in [5.74, 6) is 2.61. The van der Waals surface area contributed by atoms with E-state index in [9.17, 15) is 0 Å². The normalized spacial score (nSPS) is 12.6. The van der Waals surface area contributed by atoms with Crippen LogP contribution in [0.2, 0.25) is 0 Å². The van der Waals surface area contributed by atoms with Crippen molar-refractivity contribution in [2.24, 2.45) is 0 Å². The van der Waals surface area contributed by atoms with E-state index >= 15 is 0 Å². The Labute approximate surface area is 726 Å². The minimum atomic E-state index is 0.0377. The van der Waals surface area contributed by atoms with Gasteiger partial charge in [0.05, 0.1) is 0 Å².